The molecule has 0 radical (unpaired) electrons. The van der Waals surface area contributed by atoms with Crippen molar-refractivity contribution in [3.05, 3.63) is 55.6 Å². The number of amides is 1. The maximum atomic E-state index is 12.1. The normalized spacial score (nSPS) is 10.1. The number of hydrogen-bond donors (Lipinski definition) is 1. The number of aromatic nitrogens is 2. The lowest BCUT2D eigenvalue weighted by Gasteiger charge is -2.18. The van der Waals surface area contributed by atoms with Crippen molar-refractivity contribution in [2.45, 2.75) is 4.34 Å². The van der Waals surface area contributed by atoms with Crippen molar-refractivity contribution < 1.29 is 4.79 Å². The number of para-hydroxylation sites is 1. The number of carbonyl (C=O) groups excluding carboxylic acids is 1. The predicted octanol–water partition coefficient (Wildman–Crippen LogP) is 3.57. The van der Waals surface area contributed by atoms with Gasteiger partial charge in [-0.3, -0.25) is 4.79 Å². The number of nitrogens with one attached hydrogen (secondary N) is 1. The number of rotatable bonds is 9. The van der Waals surface area contributed by atoms with E-state index in [1.807, 2.05) is 30.3 Å². The molecule has 1 N–H and O–H groups in total. The summed E-state index contributed by atoms with van der Waals surface area (Å²) in [5, 5.41) is 12.1. The first-order valence-corrected chi connectivity index (χ1v) is 8.81. The standard InChI is InChI=1S/C16H18N4OS2/c1-3-10-20(11-4-2)14(21)12-22-16-19-18-15(23-16)17-13-8-6-5-7-9-13/h3-9H,1-2,10-12H2,(H,17,18). The van der Waals surface area contributed by atoms with Crippen molar-refractivity contribution in [3.63, 3.8) is 0 Å². The molecular weight excluding hydrogens is 328 g/mol. The average molecular weight is 346 g/mol. The summed E-state index contributed by atoms with van der Waals surface area (Å²) in [5.74, 6) is 0.351. The van der Waals surface area contributed by atoms with Gasteiger partial charge in [0, 0.05) is 18.8 Å². The van der Waals surface area contributed by atoms with Crippen molar-refractivity contribution in [2.75, 3.05) is 24.2 Å². The smallest absolute Gasteiger partial charge is 0.233 e. The van der Waals surface area contributed by atoms with Gasteiger partial charge in [0.1, 0.15) is 0 Å². The first-order valence-electron chi connectivity index (χ1n) is 7.01. The molecule has 23 heavy (non-hydrogen) atoms. The number of thioether (sulfide) groups is 1. The zero-order chi connectivity index (χ0) is 16.5. The van der Waals surface area contributed by atoms with Crippen molar-refractivity contribution in [3.8, 4) is 0 Å². The largest absolute Gasteiger partial charge is 0.335 e. The fourth-order valence-electron chi connectivity index (χ4n) is 1.77. The van der Waals surface area contributed by atoms with E-state index in [-0.39, 0.29) is 5.91 Å². The molecule has 0 bridgehead atoms. The van der Waals surface area contributed by atoms with Crippen LogP contribution in [-0.4, -0.2) is 39.8 Å². The van der Waals surface area contributed by atoms with Gasteiger partial charge in [-0.1, -0.05) is 53.4 Å². The number of benzene rings is 1. The van der Waals surface area contributed by atoms with Crippen molar-refractivity contribution in [1.82, 2.24) is 15.1 Å². The zero-order valence-corrected chi connectivity index (χ0v) is 14.3. The van der Waals surface area contributed by atoms with Crippen LogP contribution in [0.25, 0.3) is 0 Å². The molecule has 1 amide bonds. The highest BCUT2D eigenvalue weighted by atomic mass is 32.2. The highest BCUT2D eigenvalue weighted by Crippen LogP contribution is 2.27. The fraction of sp³-hybridized carbons (Fsp3) is 0.188. The molecule has 2 rings (SSSR count). The third kappa shape index (κ3) is 5.54. The third-order valence-electron chi connectivity index (χ3n) is 2.80. The Morgan fingerprint density at radius 2 is 1.91 bits per heavy atom. The topological polar surface area (TPSA) is 58.1 Å². The van der Waals surface area contributed by atoms with Gasteiger partial charge in [0.15, 0.2) is 4.34 Å². The predicted molar refractivity (Wildman–Crippen MR) is 97.3 cm³/mol. The van der Waals surface area contributed by atoms with Crippen LogP contribution in [0.1, 0.15) is 0 Å². The van der Waals surface area contributed by atoms with E-state index in [0.29, 0.717) is 24.0 Å². The molecule has 0 atom stereocenters. The van der Waals surface area contributed by atoms with Gasteiger partial charge in [0.05, 0.1) is 5.75 Å². The second-order valence-electron chi connectivity index (χ2n) is 4.53. The molecule has 2 aromatic rings. The summed E-state index contributed by atoms with van der Waals surface area (Å²) in [7, 11) is 0. The van der Waals surface area contributed by atoms with Crippen LogP contribution in [0.4, 0.5) is 10.8 Å². The lowest BCUT2D eigenvalue weighted by Crippen LogP contribution is -2.32. The Hall–Kier alpha value is -2.12. The van der Waals surface area contributed by atoms with Gasteiger partial charge < -0.3 is 10.2 Å². The van der Waals surface area contributed by atoms with E-state index in [2.05, 4.69) is 28.7 Å². The van der Waals surface area contributed by atoms with Gasteiger partial charge >= 0.3 is 0 Å². The molecule has 0 aliphatic rings. The third-order valence-corrected chi connectivity index (χ3v) is 4.76. The maximum absolute atomic E-state index is 12.1. The highest BCUT2D eigenvalue weighted by Gasteiger charge is 2.13. The Bertz CT molecular complexity index is 647. The minimum absolute atomic E-state index is 0.0302. The molecule has 0 unspecified atom stereocenters. The van der Waals surface area contributed by atoms with Gasteiger partial charge in [-0.25, -0.2) is 0 Å². The maximum Gasteiger partial charge on any atom is 0.233 e. The van der Waals surface area contributed by atoms with E-state index < -0.39 is 0 Å². The Kier molecular flexibility index (Phi) is 6.83. The molecule has 0 aliphatic carbocycles. The molecule has 1 aromatic carbocycles. The van der Waals surface area contributed by atoms with E-state index in [0.717, 1.165) is 10.0 Å². The van der Waals surface area contributed by atoms with Gasteiger partial charge in [-0.2, -0.15) is 0 Å². The molecule has 0 saturated heterocycles. The van der Waals surface area contributed by atoms with Crippen LogP contribution in [-0.2, 0) is 4.79 Å². The monoisotopic (exact) mass is 346 g/mol. The summed E-state index contributed by atoms with van der Waals surface area (Å²) in [6, 6.07) is 9.77. The van der Waals surface area contributed by atoms with Crippen LogP contribution in [0.15, 0.2) is 60.0 Å². The minimum Gasteiger partial charge on any atom is -0.335 e. The lowest BCUT2D eigenvalue weighted by atomic mass is 10.3. The van der Waals surface area contributed by atoms with Crippen LogP contribution in [0, 0.1) is 0 Å². The minimum atomic E-state index is 0.0302. The van der Waals surface area contributed by atoms with Gasteiger partial charge in [0.25, 0.3) is 0 Å². The first kappa shape index (κ1) is 17.2. The summed E-state index contributed by atoms with van der Waals surface area (Å²) < 4.78 is 0.758. The SMILES string of the molecule is C=CCN(CC=C)C(=O)CSc1nnc(Nc2ccccc2)s1. The second-order valence-corrected chi connectivity index (χ2v) is 6.73. The number of anilines is 2. The molecular formula is C16H18N4OS2. The summed E-state index contributed by atoms with van der Waals surface area (Å²) in [6.45, 7) is 8.36. The molecule has 0 aliphatic heterocycles. The molecule has 1 heterocycles. The molecule has 0 saturated carbocycles. The first-order chi connectivity index (χ1) is 11.2. The van der Waals surface area contributed by atoms with Gasteiger partial charge in [-0.05, 0) is 12.1 Å². The van der Waals surface area contributed by atoms with E-state index in [4.69, 9.17) is 0 Å². The Morgan fingerprint density at radius 1 is 1.22 bits per heavy atom. The average Bonchev–Trinajstić information content (AvgIpc) is 3.01. The fourth-order valence-corrected chi connectivity index (χ4v) is 3.44. The summed E-state index contributed by atoms with van der Waals surface area (Å²) >= 11 is 2.81. The van der Waals surface area contributed by atoms with Crippen LogP contribution < -0.4 is 5.32 Å². The summed E-state index contributed by atoms with van der Waals surface area (Å²) in [4.78, 5) is 13.8. The lowest BCUT2D eigenvalue weighted by molar-refractivity contribution is -0.127. The molecule has 1 aromatic heterocycles. The van der Waals surface area contributed by atoms with E-state index in [9.17, 15) is 4.79 Å². The number of carbonyl (C=O) groups is 1. The van der Waals surface area contributed by atoms with Crippen molar-refractivity contribution in [2.24, 2.45) is 0 Å². The Balaban J connectivity index is 1.87. The van der Waals surface area contributed by atoms with Crippen molar-refractivity contribution >= 4 is 39.8 Å². The molecule has 5 nitrogen and oxygen atoms in total. The molecule has 0 fully saturated rings. The van der Waals surface area contributed by atoms with Crippen molar-refractivity contribution in [1.29, 1.82) is 0 Å². The quantitative estimate of drug-likeness (QED) is 0.555. The number of nitrogens with zero attached hydrogens (tertiary/aromatic N) is 3. The molecule has 0 spiro atoms. The molecule has 7 heteroatoms. The van der Waals surface area contributed by atoms with E-state index in [1.165, 1.54) is 23.1 Å². The van der Waals surface area contributed by atoms with Crippen LogP contribution >= 0.6 is 23.1 Å². The summed E-state index contributed by atoms with van der Waals surface area (Å²) in [5.41, 5.74) is 0.958. The van der Waals surface area contributed by atoms with E-state index in [1.54, 1.807) is 17.1 Å². The second kappa shape index (κ2) is 9.12. The number of hydrogen-bond acceptors (Lipinski definition) is 6. The van der Waals surface area contributed by atoms with Gasteiger partial charge in [0.2, 0.25) is 11.0 Å². The Labute approximate surface area is 144 Å². The van der Waals surface area contributed by atoms with Crippen LogP contribution in [0.5, 0.6) is 0 Å². The van der Waals surface area contributed by atoms with E-state index >= 15 is 0 Å². The summed E-state index contributed by atoms with van der Waals surface area (Å²) in [6.07, 6.45) is 3.41. The van der Waals surface area contributed by atoms with Crippen LogP contribution in [0.2, 0.25) is 0 Å². The highest BCUT2D eigenvalue weighted by molar-refractivity contribution is 8.01. The Morgan fingerprint density at radius 3 is 2.57 bits per heavy atom. The van der Waals surface area contributed by atoms with Crippen LogP contribution in [0.3, 0.4) is 0 Å². The van der Waals surface area contributed by atoms with Gasteiger partial charge in [-0.15, -0.1) is 23.4 Å². The molecule has 120 valence electrons. The zero-order valence-electron chi connectivity index (χ0n) is 12.6.